The zero-order valence-corrected chi connectivity index (χ0v) is 24.2. The van der Waals surface area contributed by atoms with E-state index in [-0.39, 0.29) is 52.7 Å². The molecule has 10 nitrogen and oxygen atoms in total. The van der Waals surface area contributed by atoms with Crippen LogP contribution in [0.4, 0.5) is 10.1 Å². The predicted octanol–water partition coefficient (Wildman–Crippen LogP) is 3.37. The van der Waals surface area contributed by atoms with Crippen molar-refractivity contribution in [3.8, 4) is 5.75 Å². The number of hydrogen-bond donors (Lipinski definition) is 1. The topological polar surface area (TPSA) is 106 Å². The van der Waals surface area contributed by atoms with Crippen LogP contribution in [0.5, 0.6) is 5.75 Å². The highest BCUT2D eigenvalue weighted by Crippen LogP contribution is 2.28. The summed E-state index contributed by atoms with van der Waals surface area (Å²) in [7, 11) is 1.01. The average molecular weight is 574 g/mol. The maximum Gasteiger partial charge on any atom is 0.280 e. The normalized spacial score (nSPS) is 21.2. The molecule has 0 unspecified atom stereocenters. The number of sulfonamides is 1. The number of amides is 1. The van der Waals surface area contributed by atoms with E-state index in [0.29, 0.717) is 25.4 Å². The lowest BCUT2D eigenvalue weighted by Gasteiger charge is -2.36. The summed E-state index contributed by atoms with van der Waals surface area (Å²) in [6.07, 6.45) is 2.51. The number of hydrogen-bond acceptors (Lipinski definition) is 7. The standard InChI is InChI=1S/C28H36FN5O5S/c1-19-13-34(14-21-7-6-8-22(29)11-21)20(2)17-39-25-10-9-23(31-40(36,37)27-16-32(3)18-30-27)12-24(25)28(35)33(4)15-26(19)38-5/h6-12,16,18-20,26,31H,13-15,17H2,1-5H3/t19-,20-,26+/m1/s1. The fourth-order valence-corrected chi connectivity index (χ4v) is 5.77. The van der Waals surface area contributed by atoms with E-state index >= 15 is 0 Å². The average Bonchev–Trinajstić information content (AvgIpc) is 3.36. The van der Waals surface area contributed by atoms with E-state index in [4.69, 9.17) is 9.47 Å². The SMILES string of the molecule is CO[C@H]1CN(C)C(=O)c2cc(NS(=O)(=O)c3cn(C)cn3)ccc2OC[C@@H](C)N(Cc2cccc(F)c2)C[C@H]1C. The maximum atomic E-state index is 13.9. The summed E-state index contributed by atoms with van der Waals surface area (Å²) in [5, 5.41) is -0.133. The second kappa shape index (κ2) is 12.4. The Kier molecular flexibility index (Phi) is 9.12. The Hall–Kier alpha value is -3.48. The number of benzene rings is 2. The molecule has 0 radical (unpaired) electrons. The first-order valence-corrected chi connectivity index (χ1v) is 14.5. The summed E-state index contributed by atoms with van der Waals surface area (Å²) in [6.45, 7) is 5.79. The number of halogens is 1. The molecule has 0 bridgehead atoms. The van der Waals surface area contributed by atoms with Gasteiger partial charge in [-0.1, -0.05) is 19.1 Å². The van der Waals surface area contributed by atoms with Gasteiger partial charge in [0, 0.05) is 58.8 Å². The fourth-order valence-electron chi connectivity index (χ4n) is 4.74. The van der Waals surface area contributed by atoms with Gasteiger partial charge >= 0.3 is 0 Å². The molecule has 1 aromatic heterocycles. The molecule has 2 aromatic carbocycles. The number of ether oxygens (including phenoxy) is 2. The Morgan fingerprint density at radius 1 is 1.15 bits per heavy atom. The molecule has 3 aromatic rings. The molecule has 1 amide bonds. The van der Waals surface area contributed by atoms with Crippen LogP contribution in [0.3, 0.4) is 0 Å². The molecular formula is C28H36FN5O5S. The monoisotopic (exact) mass is 573 g/mol. The number of carbonyl (C=O) groups is 1. The van der Waals surface area contributed by atoms with E-state index in [1.807, 2.05) is 13.0 Å². The van der Waals surface area contributed by atoms with Crippen LogP contribution in [0.25, 0.3) is 0 Å². The van der Waals surface area contributed by atoms with Crippen molar-refractivity contribution >= 4 is 21.6 Å². The molecule has 0 saturated heterocycles. The number of nitrogens with zero attached hydrogens (tertiary/aromatic N) is 4. The van der Waals surface area contributed by atoms with E-state index in [0.717, 1.165) is 5.56 Å². The highest BCUT2D eigenvalue weighted by molar-refractivity contribution is 7.92. The number of nitrogens with one attached hydrogen (secondary N) is 1. The van der Waals surface area contributed by atoms with Crippen molar-refractivity contribution in [3.63, 3.8) is 0 Å². The number of aryl methyl sites for hydroxylation is 1. The highest BCUT2D eigenvalue weighted by atomic mass is 32.2. The number of methoxy groups -OCH3 is 1. The van der Waals surface area contributed by atoms with E-state index in [1.165, 1.54) is 35.3 Å². The third kappa shape index (κ3) is 6.98. The smallest absolute Gasteiger partial charge is 0.280 e. The zero-order chi connectivity index (χ0) is 29.0. The van der Waals surface area contributed by atoms with Crippen molar-refractivity contribution in [1.82, 2.24) is 19.4 Å². The summed E-state index contributed by atoms with van der Waals surface area (Å²) in [5.41, 5.74) is 1.27. The first-order valence-electron chi connectivity index (χ1n) is 13.0. The molecule has 1 aliphatic rings. The number of rotatable bonds is 6. The molecule has 3 atom stereocenters. The summed E-state index contributed by atoms with van der Waals surface area (Å²) in [4.78, 5) is 21.3. The summed E-state index contributed by atoms with van der Waals surface area (Å²) in [6, 6.07) is 11.0. The van der Waals surface area contributed by atoms with Gasteiger partial charge in [0.2, 0.25) is 0 Å². The lowest BCUT2D eigenvalue weighted by atomic mass is 10.0. The quantitative estimate of drug-likeness (QED) is 0.482. The molecule has 0 fully saturated rings. The van der Waals surface area contributed by atoms with Crippen molar-refractivity contribution < 1.29 is 27.1 Å². The van der Waals surface area contributed by atoms with Gasteiger partial charge in [-0.25, -0.2) is 9.37 Å². The summed E-state index contributed by atoms with van der Waals surface area (Å²) < 4.78 is 55.6. The summed E-state index contributed by atoms with van der Waals surface area (Å²) in [5.74, 6) is -0.250. The Labute approximate surface area is 234 Å². The van der Waals surface area contributed by atoms with Crippen LogP contribution >= 0.6 is 0 Å². The van der Waals surface area contributed by atoms with Gasteiger partial charge in [0.15, 0.2) is 5.03 Å². The van der Waals surface area contributed by atoms with Crippen LogP contribution in [0, 0.1) is 11.7 Å². The van der Waals surface area contributed by atoms with Gasteiger partial charge in [0.1, 0.15) is 18.2 Å². The van der Waals surface area contributed by atoms with Gasteiger partial charge in [0.05, 0.1) is 18.0 Å². The van der Waals surface area contributed by atoms with Crippen LogP contribution in [-0.2, 0) is 28.4 Å². The van der Waals surface area contributed by atoms with E-state index < -0.39 is 10.0 Å². The second-order valence-corrected chi connectivity index (χ2v) is 12.0. The fraction of sp³-hybridized carbons (Fsp3) is 0.429. The van der Waals surface area contributed by atoms with Gasteiger partial charge in [-0.3, -0.25) is 14.4 Å². The van der Waals surface area contributed by atoms with Crippen molar-refractivity contribution in [3.05, 3.63) is 71.9 Å². The third-order valence-corrected chi connectivity index (χ3v) is 8.32. The molecular weight excluding hydrogens is 537 g/mol. The number of anilines is 1. The minimum atomic E-state index is -3.96. The molecule has 1 N–H and O–H groups in total. The maximum absolute atomic E-state index is 13.9. The van der Waals surface area contributed by atoms with Crippen LogP contribution in [-0.4, -0.2) is 79.7 Å². The van der Waals surface area contributed by atoms with Gasteiger partial charge in [-0.15, -0.1) is 0 Å². The van der Waals surface area contributed by atoms with Gasteiger partial charge in [0.25, 0.3) is 15.9 Å². The number of likely N-dealkylation sites (N-methyl/N-ethyl adjacent to an activating group) is 1. The third-order valence-electron chi connectivity index (χ3n) is 7.06. The largest absolute Gasteiger partial charge is 0.491 e. The molecule has 12 heteroatoms. The lowest BCUT2D eigenvalue weighted by Crippen LogP contribution is -2.46. The predicted molar refractivity (Wildman–Crippen MR) is 149 cm³/mol. The van der Waals surface area contributed by atoms with Gasteiger partial charge in [-0.2, -0.15) is 8.42 Å². The number of aromatic nitrogens is 2. The van der Waals surface area contributed by atoms with Crippen LogP contribution in [0.1, 0.15) is 29.8 Å². The Morgan fingerprint density at radius 2 is 1.93 bits per heavy atom. The Bertz CT molecular complexity index is 1450. The van der Waals surface area contributed by atoms with E-state index in [9.17, 15) is 17.6 Å². The highest BCUT2D eigenvalue weighted by Gasteiger charge is 2.29. The molecule has 40 heavy (non-hydrogen) atoms. The molecule has 0 spiro atoms. The van der Waals surface area contributed by atoms with E-state index in [2.05, 4.69) is 21.5 Å². The van der Waals surface area contributed by atoms with E-state index in [1.54, 1.807) is 44.3 Å². The molecule has 4 rings (SSSR count). The first-order chi connectivity index (χ1) is 19.0. The zero-order valence-electron chi connectivity index (χ0n) is 23.4. The minimum Gasteiger partial charge on any atom is -0.491 e. The number of imidazole rings is 1. The van der Waals surface area contributed by atoms with Gasteiger partial charge in [-0.05, 0) is 48.7 Å². The first kappa shape index (κ1) is 29.5. The van der Waals surface area contributed by atoms with Crippen molar-refractivity contribution in [1.29, 1.82) is 0 Å². The van der Waals surface area contributed by atoms with Crippen molar-refractivity contribution in [2.75, 3.05) is 38.6 Å². The van der Waals surface area contributed by atoms with Crippen molar-refractivity contribution in [2.45, 2.75) is 37.6 Å². The van der Waals surface area contributed by atoms with Crippen LogP contribution in [0.2, 0.25) is 0 Å². The Morgan fingerprint density at radius 3 is 2.60 bits per heavy atom. The molecule has 216 valence electrons. The van der Waals surface area contributed by atoms with Crippen LogP contribution in [0.15, 0.2) is 60.0 Å². The van der Waals surface area contributed by atoms with Gasteiger partial charge < -0.3 is 18.9 Å². The van der Waals surface area contributed by atoms with Crippen molar-refractivity contribution in [2.24, 2.45) is 13.0 Å². The van der Waals surface area contributed by atoms with Crippen LogP contribution < -0.4 is 9.46 Å². The Balaban J connectivity index is 1.65. The lowest BCUT2D eigenvalue weighted by molar-refractivity contribution is 0.00920. The molecule has 1 aliphatic heterocycles. The second-order valence-electron chi connectivity index (χ2n) is 10.4. The summed E-state index contributed by atoms with van der Waals surface area (Å²) >= 11 is 0. The number of fused-ring (bicyclic) bond motifs is 1. The molecule has 0 aliphatic carbocycles. The number of carbonyl (C=O) groups excluding carboxylic acids is 1. The molecule has 0 saturated carbocycles. The molecule has 2 heterocycles. The minimum absolute atomic E-state index is 0.0340.